The molecule has 1 saturated carbocycles. The molecular weight excluding hydrogens is 442 g/mol. The Kier molecular flexibility index (Phi) is 9.50. The van der Waals surface area contributed by atoms with E-state index in [-0.39, 0.29) is 11.7 Å². The molecule has 4 heteroatoms. The van der Waals surface area contributed by atoms with Crippen molar-refractivity contribution in [2.24, 2.45) is 21.8 Å². The number of rotatable bonds is 6. The standard InChI is InChI=1S/C32H39N3O/c1-8-22(4)23(5)17-24(6)27-15-16-33-29(18-27)30-19-32(36)25(7)31(35-30)20-34-28(9-2)26-12-10-11-21(3)13-14-26/h8-9,15-16,18-20,25-26H,3,10-14H2,1-2,4-7H3/b22-8-,28-9-,34-20?. The Balaban J connectivity index is 1.90. The molecule has 1 aromatic rings. The van der Waals surface area contributed by atoms with E-state index in [2.05, 4.69) is 43.3 Å². The molecule has 2 heterocycles. The number of pyridine rings is 1. The first-order chi connectivity index (χ1) is 17.2. The molecule has 0 bridgehead atoms. The first-order valence-corrected chi connectivity index (χ1v) is 13.0. The van der Waals surface area contributed by atoms with Crippen LogP contribution < -0.4 is 0 Å². The summed E-state index contributed by atoms with van der Waals surface area (Å²) in [6.07, 6.45) is 14.8. The van der Waals surface area contributed by atoms with Gasteiger partial charge in [0.05, 0.1) is 23.0 Å². The zero-order valence-corrected chi connectivity index (χ0v) is 22.7. The van der Waals surface area contributed by atoms with Crippen LogP contribution in [0.3, 0.4) is 0 Å². The van der Waals surface area contributed by atoms with Crippen molar-refractivity contribution in [2.45, 2.75) is 73.6 Å². The van der Waals surface area contributed by atoms with E-state index in [1.165, 1.54) is 11.1 Å². The van der Waals surface area contributed by atoms with Gasteiger partial charge in [-0.15, -0.1) is 5.73 Å². The van der Waals surface area contributed by atoms with Gasteiger partial charge in [0.2, 0.25) is 0 Å². The lowest BCUT2D eigenvalue weighted by Gasteiger charge is -2.17. The predicted molar refractivity (Wildman–Crippen MR) is 153 cm³/mol. The third kappa shape index (κ3) is 6.86. The van der Waals surface area contributed by atoms with Crippen LogP contribution in [0.5, 0.6) is 0 Å². The number of allylic oxidation sites excluding steroid dienone is 7. The number of nitrogens with zero attached hydrogens (tertiary/aromatic N) is 3. The molecule has 0 spiro atoms. The van der Waals surface area contributed by atoms with Gasteiger partial charge in [0.1, 0.15) is 0 Å². The third-order valence-electron chi connectivity index (χ3n) is 7.24. The van der Waals surface area contributed by atoms with Crippen molar-refractivity contribution in [1.82, 2.24) is 4.98 Å². The van der Waals surface area contributed by atoms with E-state index in [0.29, 0.717) is 23.0 Å². The van der Waals surface area contributed by atoms with E-state index in [0.717, 1.165) is 54.5 Å². The van der Waals surface area contributed by atoms with Gasteiger partial charge in [-0.3, -0.25) is 14.8 Å². The van der Waals surface area contributed by atoms with Crippen molar-refractivity contribution in [1.29, 1.82) is 0 Å². The number of hydrogen-bond donors (Lipinski definition) is 0. The summed E-state index contributed by atoms with van der Waals surface area (Å²) >= 11 is 0. The molecule has 1 aliphatic carbocycles. The summed E-state index contributed by atoms with van der Waals surface area (Å²) in [6, 6.07) is 3.94. The predicted octanol–water partition coefficient (Wildman–Crippen LogP) is 8.11. The van der Waals surface area contributed by atoms with Crippen LogP contribution >= 0.6 is 0 Å². The van der Waals surface area contributed by atoms with Crippen LogP contribution in [-0.2, 0) is 4.79 Å². The van der Waals surface area contributed by atoms with E-state index < -0.39 is 0 Å². The fourth-order valence-electron chi connectivity index (χ4n) is 4.52. The monoisotopic (exact) mass is 481 g/mol. The Hall–Kier alpha value is -3.36. The summed E-state index contributed by atoms with van der Waals surface area (Å²) in [5, 5.41) is 0. The molecule has 188 valence electrons. The minimum Gasteiger partial charge on any atom is -0.294 e. The quantitative estimate of drug-likeness (QED) is 0.135. The molecule has 0 radical (unpaired) electrons. The zero-order chi connectivity index (χ0) is 26.2. The van der Waals surface area contributed by atoms with Crippen LogP contribution in [0.15, 0.2) is 81.3 Å². The molecule has 2 unspecified atom stereocenters. The van der Waals surface area contributed by atoms with Crippen molar-refractivity contribution in [3.63, 3.8) is 0 Å². The minimum absolute atomic E-state index is 0.0214. The van der Waals surface area contributed by atoms with Gasteiger partial charge in [0, 0.05) is 30.1 Å². The number of carbonyl (C=O) groups excluding carboxylic acids is 1. The maximum absolute atomic E-state index is 12.9. The zero-order valence-electron chi connectivity index (χ0n) is 22.7. The average Bonchev–Trinajstić information content (AvgIpc) is 3.10. The molecule has 2 atom stereocenters. The minimum atomic E-state index is -0.330. The van der Waals surface area contributed by atoms with Gasteiger partial charge in [-0.2, -0.15) is 0 Å². The molecule has 4 nitrogen and oxygen atoms in total. The number of carbonyl (C=O) groups is 1. The highest BCUT2D eigenvalue weighted by Gasteiger charge is 2.24. The Morgan fingerprint density at radius 3 is 2.67 bits per heavy atom. The SMILES string of the molecule is C=C1CCCC(/C(=C/C)N=CC2=NC(c3cc(C(C)=C=C(C)/C(C)=C\C)ccn3)=CC(=O)C2C)CC1. The van der Waals surface area contributed by atoms with Gasteiger partial charge in [-0.05, 0) is 108 Å². The molecule has 0 aromatic carbocycles. The second-order valence-corrected chi connectivity index (χ2v) is 9.82. The lowest BCUT2D eigenvalue weighted by Crippen LogP contribution is -2.24. The first kappa shape index (κ1) is 27.2. The lowest BCUT2D eigenvalue weighted by atomic mass is 9.95. The summed E-state index contributed by atoms with van der Waals surface area (Å²) in [5.41, 5.74) is 12.1. The molecule has 0 N–H and O–H groups in total. The molecular formula is C32H39N3O. The van der Waals surface area contributed by atoms with E-state index in [1.54, 1.807) is 18.5 Å². The third-order valence-corrected chi connectivity index (χ3v) is 7.24. The molecule has 3 rings (SSSR count). The normalized spacial score (nSPS) is 21.6. The van der Waals surface area contributed by atoms with Gasteiger partial charge >= 0.3 is 0 Å². The number of ketones is 1. The first-order valence-electron chi connectivity index (χ1n) is 13.0. The molecule has 0 amide bonds. The summed E-state index contributed by atoms with van der Waals surface area (Å²) in [7, 11) is 0. The van der Waals surface area contributed by atoms with Crippen LogP contribution in [0.25, 0.3) is 11.3 Å². The maximum Gasteiger partial charge on any atom is 0.166 e. The Morgan fingerprint density at radius 2 is 1.94 bits per heavy atom. The fourth-order valence-corrected chi connectivity index (χ4v) is 4.52. The van der Waals surface area contributed by atoms with E-state index >= 15 is 0 Å². The van der Waals surface area contributed by atoms with Crippen molar-refractivity contribution in [3.8, 4) is 0 Å². The highest BCUT2D eigenvalue weighted by atomic mass is 16.1. The molecule has 1 aliphatic heterocycles. The van der Waals surface area contributed by atoms with Gasteiger partial charge in [-0.25, -0.2) is 4.99 Å². The van der Waals surface area contributed by atoms with Gasteiger partial charge in [0.15, 0.2) is 5.78 Å². The molecule has 0 saturated heterocycles. The second kappa shape index (κ2) is 12.6. The topological polar surface area (TPSA) is 54.7 Å². The van der Waals surface area contributed by atoms with Crippen molar-refractivity contribution in [2.75, 3.05) is 0 Å². The molecule has 36 heavy (non-hydrogen) atoms. The van der Waals surface area contributed by atoms with Crippen molar-refractivity contribution >= 4 is 29.0 Å². The Morgan fingerprint density at radius 1 is 1.17 bits per heavy atom. The van der Waals surface area contributed by atoms with Crippen LogP contribution in [-0.4, -0.2) is 22.7 Å². The van der Waals surface area contributed by atoms with Crippen LogP contribution in [0, 0.1) is 11.8 Å². The number of hydrogen-bond acceptors (Lipinski definition) is 4. The Labute approximate surface area is 216 Å². The summed E-state index contributed by atoms with van der Waals surface area (Å²) in [4.78, 5) is 27.0. The molecule has 1 aromatic heterocycles. The lowest BCUT2D eigenvalue weighted by molar-refractivity contribution is -0.116. The number of aromatic nitrogens is 1. The molecule has 2 aliphatic rings. The smallest absolute Gasteiger partial charge is 0.166 e. The van der Waals surface area contributed by atoms with E-state index in [4.69, 9.17) is 9.98 Å². The van der Waals surface area contributed by atoms with Crippen molar-refractivity contribution < 1.29 is 4.79 Å². The maximum atomic E-state index is 12.9. The van der Waals surface area contributed by atoms with Gasteiger partial charge < -0.3 is 0 Å². The van der Waals surface area contributed by atoms with Crippen LogP contribution in [0.4, 0.5) is 0 Å². The highest BCUT2D eigenvalue weighted by Crippen LogP contribution is 2.31. The van der Waals surface area contributed by atoms with Gasteiger partial charge in [-0.1, -0.05) is 24.3 Å². The van der Waals surface area contributed by atoms with Crippen LogP contribution in [0.2, 0.25) is 0 Å². The highest BCUT2D eigenvalue weighted by molar-refractivity contribution is 6.39. The number of aliphatic imine (C=N–C) groups is 2. The fraction of sp³-hybridized carbons (Fsp3) is 0.406. The largest absolute Gasteiger partial charge is 0.294 e. The van der Waals surface area contributed by atoms with E-state index in [9.17, 15) is 4.79 Å². The summed E-state index contributed by atoms with van der Waals surface area (Å²) in [5.74, 6) is 0.114. The van der Waals surface area contributed by atoms with Crippen LogP contribution in [0.1, 0.15) is 84.9 Å². The summed E-state index contributed by atoms with van der Waals surface area (Å²) in [6.45, 7) is 16.3. The van der Waals surface area contributed by atoms with E-state index in [1.807, 2.05) is 39.8 Å². The molecule has 1 fully saturated rings. The van der Waals surface area contributed by atoms with Crippen molar-refractivity contribution in [3.05, 3.63) is 82.5 Å². The second-order valence-electron chi connectivity index (χ2n) is 9.82. The summed E-state index contributed by atoms with van der Waals surface area (Å²) < 4.78 is 0. The van der Waals surface area contributed by atoms with Gasteiger partial charge in [0.25, 0.3) is 0 Å². The average molecular weight is 482 g/mol. The Bertz CT molecular complexity index is 1250.